The van der Waals surface area contributed by atoms with E-state index in [1.165, 1.54) is 33.3 Å². The third-order valence-corrected chi connectivity index (χ3v) is 9.34. The smallest absolute Gasteiger partial charge is 0.243 e. The van der Waals surface area contributed by atoms with E-state index in [0.717, 1.165) is 33.6 Å². The van der Waals surface area contributed by atoms with E-state index >= 15 is 0 Å². The lowest BCUT2D eigenvalue weighted by Gasteiger charge is -2.31. The minimum absolute atomic E-state index is 0.0139. The van der Waals surface area contributed by atoms with Crippen LogP contribution in [0.5, 0.6) is 0 Å². The number of carbonyl (C=O) groups excluding carboxylic acids is 1. The molecule has 1 aliphatic rings. The molecule has 8 nitrogen and oxygen atoms in total. The van der Waals surface area contributed by atoms with Crippen molar-refractivity contribution < 1.29 is 17.6 Å². The van der Waals surface area contributed by atoms with Crippen LogP contribution in [0.3, 0.4) is 0 Å². The van der Waals surface area contributed by atoms with Gasteiger partial charge in [-0.2, -0.15) is 14.1 Å². The summed E-state index contributed by atoms with van der Waals surface area (Å²) < 4.78 is 43.3. The van der Waals surface area contributed by atoms with Crippen molar-refractivity contribution in [3.8, 4) is 5.13 Å². The molecule has 1 aliphatic heterocycles. The predicted molar refractivity (Wildman–Crippen MR) is 137 cm³/mol. The number of thiazole rings is 1. The summed E-state index contributed by atoms with van der Waals surface area (Å²) in [5, 5.41) is 8.12. The Morgan fingerprint density at radius 1 is 1.11 bits per heavy atom. The Balaban J connectivity index is 1.36. The quantitative estimate of drug-likeness (QED) is 0.410. The molecule has 0 saturated carbocycles. The van der Waals surface area contributed by atoms with Crippen LogP contribution in [0.2, 0.25) is 0 Å². The summed E-state index contributed by atoms with van der Waals surface area (Å²) in [5.41, 5.74) is 3.93. The van der Waals surface area contributed by atoms with Crippen LogP contribution in [0.4, 0.5) is 10.2 Å². The SMILES string of the molecule is Cc1cc(NC(=O)C2CCCN(S(=O)(=O)c3ccc(F)cc3)C2)n(-c2nc3cc(C)c(C)cc3s2)n1. The number of nitrogens with one attached hydrogen (secondary N) is 1. The highest BCUT2D eigenvalue weighted by atomic mass is 32.2. The van der Waals surface area contributed by atoms with Crippen molar-refractivity contribution >= 4 is 43.3 Å². The maximum atomic E-state index is 13.3. The molecule has 5 rings (SSSR count). The van der Waals surface area contributed by atoms with Crippen LogP contribution in [0.25, 0.3) is 15.3 Å². The Morgan fingerprint density at radius 2 is 1.83 bits per heavy atom. The van der Waals surface area contributed by atoms with Gasteiger partial charge in [0.05, 0.1) is 26.7 Å². The van der Waals surface area contributed by atoms with Crippen LogP contribution in [0.1, 0.15) is 29.7 Å². The molecule has 1 fully saturated rings. The zero-order chi connectivity index (χ0) is 25.6. The van der Waals surface area contributed by atoms with Crippen molar-refractivity contribution in [1.29, 1.82) is 0 Å². The molecule has 1 atom stereocenters. The average molecular weight is 528 g/mol. The highest BCUT2D eigenvalue weighted by Crippen LogP contribution is 2.30. The van der Waals surface area contributed by atoms with E-state index in [1.807, 2.05) is 19.9 Å². The van der Waals surface area contributed by atoms with E-state index in [9.17, 15) is 17.6 Å². The minimum atomic E-state index is -3.83. The predicted octanol–water partition coefficient (Wildman–Crippen LogP) is 4.59. The molecule has 2 aromatic carbocycles. The van der Waals surface area contributed by atoms with Gasteiger partial charge in [0.25, 0.3) is 0 Å². The zero-order valence-corrected chi connectivity index (χ0v) is 21.8. The molecule has 0 radical (unpaired) electrons. The van der Waals surface area contributed by atoms with Crippen LogP contribution >= 0.6 is 11.3 Å². The maximum Gasteiger partial charge on any atom is 0.243 e. The Morgan fingerprint density at radius 3 is 2.58 bits per heavy atom. The van der Waals surface area contributed by atoms with Crippen LogP contribution < -0.4 is 5.32 Å². The number of halogens is 1. The zero-order valence-electron chi connectivity index (χ0n) is 20.2. The van der Waals surface area contributed by atoms with E-state index in [2.05, 4.69) is 23.4 Å². The Hall–Kier alpha value is -3.15. The first-order valence-electron chi connectivity index (χ1n) is 11.6. The van der Waals surface area contributed by atoms with E-state index in [1.54, 1.807) is 10.7 Å². The summed E-state index contributed by atoms with van der Waals surface area (Å²) in [7, 11) is -3.83. The number of benzene rings is 2. The van der Waals surface area contributed by atoms with Crippen molar-refractivity contribution in [3.63, 3.8) is 0 Å². The number of sulfonamides is 1. The van der Waals surface area contributed by atoms with Gasteiger partial charge in [-0.15, -0.1) is 0 Å². The second kappa shape index (κ2) is 9.38. The molecule has 0 spiro atoms. The second-order valence-electron chi connectivity index (χ2n) is 9.13. The number of piperidine rings is 1. The third-order valence-electron chi connectivity index (χ3n) is 6.46. The maximum absolute atomic E-state index is 13.3. The van der Waals surface area contributed by atoms with E-state index < -0.39 is 21.8 Å². The summed E-state index contributed by atoms with van der Waals surface area (Å²) >= 11 is 1.49. The molecule has 4 aromatic rings. The largest absolute Gasteiger partial charge is 0.310 e. The molecule has 2 aromatic heterocycles. The summed E-state index contributed by atoms with van der Waals surface area (Å²) in [6, 6.07) is 10.6. The van der Waals surface area contributed by atoms with Crippen LogP contribution in [0, 0.1) is 32.5 Å². The van der Waals surface area contributed by atoms with Gasteiger partial charge in [-0.05, 0) is 81.1 Å². The van der Waals surface area contributed by atoms with Gasteiger partial charge in [0.15, 0.2) is 0 Å². The summed E-state index contributed by atoms with van der Waals surface area (Å²) in [5.74, 6) is -0.820. The topological polar surface area (TPSA) is 97.2 Å². The molecule has 188 valence electrons. The molecule has 36 heavy (non-hydrogen) atoms. The van der Waals surface area contributed by atoms with Crippen molar-refractivity contribution in [2.75, 3.05) is 18.4 Å². The van der Waals surface area contributed by atoms with Crippen LogP contribution in [-0.4, -0.2) is 46.5 Å². The van der Waals surface area contributed by atoms with Crippen LogP contribution in [-0.2, 0) is 14.8 Å². The molecule has 0 bridgehead atoms. The summed E-state index contributed by atoms with van der Waals surface area (Å²) in [4.78, 5) is 18.0. The highest BCUT2D eigenvalue weighted by molar-refractivity contribution is 7.89. The first-order valence-corrected chi connectivity index (χ1v) is 13.9. The number of carbonyl (C=O) groups is 1. The molecular weight excluding hydrogens is 501 g/mol. The van der Waals surface area contributed by atoms with Crippen molar-refractivity contribution in [1.82, 2.24) is 19.1 Å². The molecule has 1 saturated heterocycles. The third kappa shape index (κ3) is 4.65. The minimum Gasteiger partial charge on any atom is -0.310 e. The number of amides is 1. The Bertz CT molecular complexity index is 1520. The van der Waals surface area contributed by atoms with Gasteiger partial charge >= 0.3 is 0 Å². The number of rotatable bonds is 5. The van der Waals surface area contributed by atoms with Gasteiger partial charge in [-0.1, -0.05) is 11.3 Å². The van der Waals surface area contributed by atoms with Crippen molar-refractivity contribution in [2.45, 2.75) is 38.5 Å². The second-order valence-corrected chi connectivity index (χ2v) is 12.1. The number of hydrogen-bond acceptors (Lipinski definition) is 6. The van der Waals surface area contributed by atoms with Gasteiger partial charge in [0.1, 0.15) is 11.6 Å². The van der Waals surface area contributed by atoms with E-state index in [0.29, 0.717) is 30.3 Å². The number of anilines is 1. The number of hydrogen-bond donors (Lipinski definition) is 1. The fourth-order valence-corrected chi connectivity index (χ4v) is 6.89. The van der Waals surface area contributed by atoms with Gasteiger partial charge < -0.3 is 5.32 Å². The van der Waals surface area contributed by atoms with Gasteiger partial charge in [-0.3, -0.25) is 4.79 Å². The number of nitrogens with zero attached hydrogens (tertiary/aromatic N) is 4. The van der Waals surface area contributed by atoms with Crippen molar-refractivity contribution in [2.24, 2.45) is 5.92 Å². The van der Waals surface area contributed by atoms with Crippen LogP contribution in [0.15, 0.2) is 47.4 Å². The first-order chi connectivity index (χ1) is 17.1. The van der Waals surface area contributed by atoms with Gasteiger partial charge in [-0.25, -0.2) is 17.8 Å². The summed E-state index contributed by atoms with van der Waals surface area (Å²) in [6.45, 7) is 6.30. The number of fused-ring (bicyclic) bond motifs is 1. The fourth-order valence-electron chi connectivity index (χ4n) is 4.35. The number of aromatic nitrogens is 3. The Labute approximate surface area is 212 Å². The monoisotopic (exact) mass is 527 g/mol. The number of aryl methyl sites for hydroxylation is 3. The van der Waals surface area contributed by atoms with E-state index in [-0.39, 0.29) is 17.3 Å². The lowest BCUT2D eigenvalue weighted by Crippen LogP contribution is -2.43. The van der Waals surface area contributed by atoms with Gasteiger partial charge in [0.2, 0.25) is 21.1 Å². The lowest BCUT2D eigenvalue weighted by molar-refractivity contribution is -0.120. The molecule has 0 aliphatic carbocycles. The van der Waals surface area contributed by atoms with E-state index in [4.69, 9.17) is 4.98 Å². The van der Waals surface area contributed by atoms with Gasteiger partial charge in [0, 0.05) is 19.2 Å². The first kappa shape index (κ1) is 24.5. The lowest BCUT2D eigenvalue weighted by atomic mass is 9.99. The standard InChI is InChI=1S/C25H26FN5O3S2/c1-15-11-21-22(12-16(15)2)35-25(27-21)31-23(13-17(3)29-31)28-24(32)18-5-4-10-30(14-18)36(33,34)20-8-6-19(26)7-9-20/h6-9,11-13,18H,4-5,10,14H2,1-3H3,(H,28,32). The summed E-state index contributed by atoms with van der Waals surface area (Å²) in [6.07, 6.45) is 1.11. The average Bonchev–Trinajstić information content (AvgIpc) is 3.42. The molecule has 1 amide bonds. The molecule has 11 heteroatoms. The molecular formula is C25H26FN5O3S2. The fraction of sp³-hybridized carbons (Fsp3) is 0.320. The molecule has 1 N–H and O–H groups in total. The van der Waals surface area contributed by atoms with Crippen molar-refractivity contribution in [3.05, 3.63) is 65.1 Å². The molecule has 3 heterocycles. The Kier molecular flexibility index (Phi) is 6.39. The normalized spacial score (nSPS) is 16.9. The molecule has 1 unspecified atom stereocenters. The highest BCUT2D eigenvalue weighted by Gasteiger charge is 2.34.